The maximum atomic E-state index is 11.1. The van der Waals surface area contributed by atoms with Gasteiger partial charge in [-0.25, -0.2) is 0 Å². The third-order valence-corrected chi connectivity index (χ3v) is 2.18. The van der Waals surface area contributed by atoms with Crippen LogP contribution in [0, 0.1) is 5.92 Å². The van der Waals surface area contributed by atoms with Gasteiger partial charge in [0.15, 0.2) is 0 Å². The molecule has 1 N–H and O–H groups in total. The van der Waals surface area contributed by atoms with Crippen LogP contribution in [-0.2, 0) is 14.3 Å². The van der Waals surface area contributed by atoms with Gasteiger partial charge in [-0.3, -0.25) is 9.59 Å². The van der Waals surface area contributed by atoms with E-state index in [1.54, 1.807) is 0 Å². The number of esters is 1. The number of hydrogen-bond acceptors (Lipinski definition) is 3. The fourth-order valence-corrected chi connectivity index (χ4v) is 1.49. The molecular weight excluding hydrogens is 158 g/mol. The summed E-state index contributed by atoms with van der Waals surface area (Å²) in [4.78, 5) is 22.0. The highest BCUT2D eigenvalue weighted by atomic mass is 16.5. The fraction of sp³-hybridized carbons (Fsp3) is 0.750. The molecule has 0 spiro atoms. The fourth-order valence-electron chi connectivity index (χ4n) is 1.49. The van der Waals surface area contributed by atoms with Crippen LogP contribution < -0.4 is 5.32 Å². The van der Waals surface area contributed by atoms with Crippen molar-refractivity contribution in [3.05, 3.63) is 0 Å². The lowest BCUT2D eigenvalue weighted by molar-refractivity contribution is -0.146. The largest absolute Gasteiger partial charge is 0.469 e. The van der Waals surface area contributed by atoms with Gasteiger partial charge in [0.1, 0.15) is 0 Å². The van der Waals surface area contributed by atoms with Crippen molar-refractivity contribution >= 4 is 11.9 Å². The lowest BCUT2D eigenvalue weighted by Crippen LogP contribution is -2.32. The zero-order chi connectivity index (χ0) is 9.14. The van der Waals surface area contributed by atoms with Crippen molar-refractivity contribution in [1.29, 1.82) is 0 Å². The molecule has 68 valence electrons. The van der Waals surface area contributed by atoms with Crippen LogP contribution in [0.3, 0.4) is 0 Å². The van der Waals surface area contributed by atoms with Gasteiger partial charge in [-0.2, -0.15) is 0 Å². The first-order valence-electron chi connectivity index (χ1n) is 4.06. The van der Waals surface area contributed by atoms with Crippen LogP contribution in [0.2, 0.25) is 0 Å². The Hall–Kier alpha value is -1.06. The van der Waals surface area contributed by atoms with Crippen LogP contribution in [0.4, 0.5) is 0 Å². The molecule has 0 aliphatic carbocycles. The zero-order valence-corrected chi connectivity index (χ0v) is 7.29. The highest BCUT2D eigenvalue weighted by molar-refractivity contribution is 5.87. The highest BCUT2D eigenvalue weighted by Crippen LogP contribution is 2.19. The van der Waals surface area contributed by atoms with E-state index >= 15 is 0 Å². The van der Waals surface area contributed by atoms with Gasteiger partial charge in [0.2, 0.25) is 5.91 Å². The summed E-state index contributed by atoms with van der Waals surface area (Å²) in [7, 11) is 1.35. The van der Waals surface area contributed by atoms with Gasteiger partial charge in [-0.15, -0.1) is 0 Å². The molecule has 0 aromatic heterocycles. The van der Waals surface area contributed by atoms with Crippen LogP contribution >= 0.6 is 0 Å². The average Bonchev–Trinajstić information content (AvgIpc) is 2.45. The lowest BCUT2D eigenvalue weighted by Gasteiger charge is -2.13. The minimum Gasteiger partial charge on any atom is -0.469 e. The Morgan fingerprint density at radius 2 is 2.42 bits per heavy atom. The van der Waals surface area contributed by atoms with Gasteiger partial charge >= 0.3 is 5.97 Å². The molecule has 4 heteroatoms. The number of carbonyl (C=O) groups is 2. The third-order valence-electron chi connectivity index (χ3n) is 2.18. The summed E-state index contributed by atoms with van der Waals surface area (Å²) in [5.74, 6) is -0.634. The van der Waals surface area contributed by atoms with E-state index in [0.29, 0.717) is 0 Å². The first-order valence-corrected chi connectivity index (χ1v) is 4.06. The van der Waals surface area contributed by atoms with Crippen LogP contribution in [0.15, 0.2) is 0 Å². The van der Waals surface area contributed by atoms with Gasteiger partial charge in [0, 0.05) is 12.5 Å². The molecule has 1 fully saturated rings. The highest BCUT2D eigenvalue weighted by Gasteiger charge is 2.36. The molecule has 1 aliphatic heterocycles. The molecular formula is C8H13NO3. The second-order valence-corrected chi connectivity index (χ2v) is 2.92. The zero-order valence-electron chi connectivity index (χ0n) is 7.29. The maximum Gasteiger partial charge on any atom is 0.311 e. The number of carbonyl (C=O) groups excluding carboxylic acids is 2. The summed E-state index contributed by atoms with van der Waals surface area (Å²) in [6, 6.07) is -0.0371. The number of amides is 1. The molecule has 1 saturated heterocycles. The lowest BCUT2D eigenvalue weighted by atomic mass is 9.99. The van der Waals surface area contributed by atoms with Crippen molar-refractivity contribution in [3.63, 3.8) is 0 Å². The molecule has 1 heterocycles. The number of rotatable bonds is 2. The summed E-state index contributed by atoms with van der Waals surface area (Å²) in [5, 5.41) is 2.73. The molecule has 4 nitrogen and oxygen atoms in total. The van der Waals surface area contributed by atoms with E-state index in [-0.39, 0.29) is 30.3 Å². The number of nitrogens with one attached hydrogen (secondary N) is 1. The number of hydrogen-bond donors (Lipinski definition) is 1. The molecule has 0 bridgehead atoms. The van der Waals surface area contributed by atoms with Crippen molar-refractivity contribution in [2.24, 2.45) is 5.92 Å². The van der Waals surface area contributed by atoms with Crippen molar-refractivity contribution < 1.29 is 14.3 Å². The Kier molecular flexibility index (Phi) is 2.68. The van der Waals surface area contributed by atoms with Crippen LogP contribution in [0.25, 0.3) is 0 Å². The van der Waals surface area contributed by atoms with Crippen molar-refractivity contribution in [1.82, 2.24) is 5.32 Å². The van der Waals surface area contributed by atoms with Gasteiger partial charge in [0.25, 0.3) is 0 Å². The van der Waals surface area contributed by atoms with E-state index in [1.807, 2.05) is 6.92 Å². The predicted molar refractivity (Wildman–Crippen MR) is 42.3 cm³/mol. The van der Waals surface area contributed by atoms with Crippen LogP contribution in [-0.4, -0.2) is 25.0 Å². The minimum absolute atomic E-state index is 0.0371. The second-order valence-electron chi connectivity index (χ2n) is 2.92. The summed E-state index contributed by atoms with van der Waals surface area (Å²) in [6.07, 6.45) is 1.04. The Labute approximate surface area is 71.3 Å². The second kappa shape index (κ2) is 3.56. The van der Waals surface area contributed by atoms with E-state index in [4.69, 9.17) is 0 Å². The third kappa shape index (κ3) is 1.57. The topological polar surface area (TPSA) is 55.4 Å². The summed E-state index contributed by atoms with van der Waals surface area (Å²) >= 11 is 0. The smallest absolute Gasteiger partial charge is 0.311 e. The summed E-state index contributed by atoms with van der Waals surface area (Å²) in [6.45, 7) is 1.94. The number of ether oxygens (including phenoxy) is 1. The summed E-state index contributed by atoms with van der Waals surface area (Å²) < 4.78 is 4.58. The van der Waals surface area contributed by atoms with Gasteiger partial charge in [-0.1, -0.05) is 6.92 Å². The minimum atomic E-state index is -0.291. The van der Waals surface area contributed by atoms with Gasteiger partial charge in [0.05, 0.1) is 13.0 Å². The Balaban J connectivity index is 2.63. The van der Waals surface area contributed by atoms with E-state index in [9.17, 15) is 9.59 Å². The summed E-state index contributed by atoms with van der Waals surface area (Å²) in [5.41, 5.74) is 0. The number of methoxy groups -OCH3 is 1. The van der Waals surface area contributed by atoms with Gasteiger partial charge < -0.3 is 10.1 Å². The molecule has 1 rings (SSSR count). The average molecular weight is 171 g/mol. The maximum absolute atomic E-state index is 11.1. The standard InChI is InChI=1S/C8H13NO3/c1-3-6-5(8(11)12-2)4-7(10)9-6/h5-6H,3-4H2,1-2H3,(H,9,10). The molecule has 2 atom stereocenters. The van der Waals surface area contributed by atoms with Crippen molar-refractivity contribution in [3.8, 4) is 0 Å². The van der Waals surface area contributed by atoms with Gasteiger partial charge in [-0.05, 0) is 6.42 Å². The molecule has 12 heavy (non-hydrogen) atoms. The Bertz CT molecular complexity index is 202. The molecule has 0 saturated carbocycles. The first-order chi connectivity index (χ1) is 5.69. The van der Waals surface area contributed by atoms with Crippen molar-refractivity contribution in [2.45, 2.75) is 25.8 Å². The Morgan fingerprint density at radius 3 is 2.92 bits per heavy atom. The Morgan fingerprint density at radius 1 is 1.75 bits per heavy atom. The van der Waals surface area contributed by atoms with E-state index in [2.05, 4.69) is 10.1 Å². The SMILES string of the molecule is CCC1NC(=O)CC1C(=O)OC. The molecule has 1 aliphatic rings. The quantitative estimate of drug-likeness (QED) is 0.598. The molecule has 0 aromatic carbocycles. The van der Waals surface area contributed by atoms with E-state index in [1.165, 1.54) is 7.11 Å². The molecule has 2 unspecified atom stereocenters. The monoisotopic (exact) mass is 171 g/mol. The molecule has 1 amide bonds. The molecule has 0 radical (unpaired) electrons. The van der Waals surface area contributed by atoms with E-state index < -0.39 is 0 Å². The van der Waals surface area contributed by atoms with Crippen molar-refractivity contribution in [2.75, 3.05) is 7.11 Å². The first kappa shape index (κ1) is 9.03. The normalized spacial score (nSPS) is 28.3. The van der Waals surface area contributed by atoms with E-state index in [0.717, 1.165) is 6.42 Å². The van der Waals surface area contributed by atoms with Crippen LogP contribution in [0.5, 0.6) is 0 Å². The predicted octanol–water partition coefficient (Wildman–Crippen LogP) is 0.0741. The van der Waals surface area contributed by atoms with Crippen LogP contribution in [0.1, 0.15) is 19.8 Å². The molecule has 0 aromatic rings.